The fourth-order valence-electron chi connectivity index (χ4n) is 1.63. The Hall–Kier alpha value is -1.75. The van der Waals surface area contributed by atoms with Crippen LogP contribution in [0.2, 0.25) is 0 Å². The Balaban J connectivity index is 2.75. The molecular weight excluding hydrogens is 244 g/mol. The van der Waals surface area contributed by atoms with Gasteiger partial charge in [-0.1, -0.05) is 13.0 Å². The zero-order valence-corrected chi connectivity index (χ0v) is 11.7. The van der Waals surface area contributed by atoms with E-state index in [2.05, 4.69) is 0 Å². The predicted octanol–water partition coefficient (Wildman–Crippen LogP) is 1.09. The Kier molecular flexibility index (Phi) is 5.63. The van der Waals surface area contributed by atoms with Crippen LogP contribution in [0.15, 0.2) is 18.2 Å². The summed E-state index contributed by atoms with van der Waals surface area (Å²) >= 11 is 0. The van der Waals surface area contributed by atoms with Gasteiger partial charge in [0, 0.05) is 6.04 Å². The largest absolute Gasteiger partial charge is 0.493 e. The standard InChI is InChI=1S/C14H22N2O3/c1-9(14(16)17)8-19-12-5-4-11(6-10(2)15)7-13(12)18-3/h4-5,7,9-10H,6,8,15H2,1-3H3,(H2,16,17). The van der Waals surface area contributed by atoms with Gasteiger partial charge in [-0.25, -0.2) is 0 Å². The molecule has 0 heterocycles. The summed E-state index contributed by atoms with van der Waals surface area (Å²) in [5.74, 6) is 0.514. The van der Waals surface area contributed by atoms with Crippen LogP contribution in [-0.2, 0) is 11.2 Å². The van der Waals surface area contributed by atoms with Gasteiger partial charge in [-0.15, -0.1) is 0 Å². The highest BCUT2D eigenvalue weighted by Gasteiger charge is 2.12. The number of benzene rings is 1. The third-order valence-corrected chi connectivity index (χ3v) is 2.76. The number of nitrogens with two attached hydrogens (primary N) is 2. The molecule has 19 heavy (non-hydrogen) atoms. The molecule has 0 radical (unpaired) electrons. The molecule has 1 rings (SSSR count). The van der Waals surface area contributed by atoms with Crippen LogP contribution >= 0.6 is 0 Å². The summed E-state index contributed by atoms with van der Waals surface area (Å²) in [5.41, 5.74) is 12.0. The number of methoxy groups -OCH3 is 1. The number of ether oxygens (including phenoxy) is 2. The Morgan fingerprint density at radius 1 is 1.32 bits per heavy atom. The molecule has 0 aliphatic heterocycles. The van der Waals surface area contributed by atoms with E-state index in [1.807, 2.05) is 25.1 Å². The summed E-state index contributed by atoms with van der Waals surface area (Å²) in [6.45, 7) is 3.91. The fraction of sp³-hybridized carbons (Fsp3) is 0.500. The number of hydrogen-bond acceptors (Lipinski definition) is 4. The lowest BCUT2D eigenvalue weighted by molar-refractivity contribution is -0.122. The van der Waals surface area contributed by atoms with Crippen LogP contribution in [0, 0.1) is 5.92 Å². The predicted molar refractivity (Wildman–Crippen MR) is 74.2 cm³/mol. The first kappa shape index (κ1) is 15.3. The monoisotopic (exact) mass is 266 g/mol. The number of hydrogen-bond donors (Lipinski definition) is 2. The maximum absolute atomic E-state index is 10.9. The van der Waals surface area contributed by atoms with Gasteiger partial charge in [-0.05, 0) is 31.0 Å². The molecule has 0 bridgehead atoms. The minimum atomic E-state index is -0.382. The molecule has 1 amide bonds. The highest BCUT2D eigenvalue weighted by atomic mass is 16.5. The van der Waals surface area contributed by atoms with Crippen molar-refractivity contribution in [1.29, 1.82) is 0 Å². The summed E-state index contributed by atoms with van der Waals surface area (Å²) in [5, 5.41) is 0. The van der Waals surface area contributed by atoms with Gasteiger partial charge in [-0.3, -0.25) is 4.79 Å². The van der Waals surface area contributed by atoms with Crippen LogP contribution in [0.25, 0.3) is 0 Å². The number of carbonyl (C=O) groups is 1. The third-order valence-electron chi connectivity index (χ3n) is 2.76. The molecule has 5 heteroatoms. The third kappa shape index (κ3) is 4.79. The summed E-state index contributed by atoms with van der Waals surface area (Å²) in [4.78, 5) is 10.9. The molecule has 0 aromatic heterocycles. The molecule has 4 N–H and O–H groups in total. The van der Waals surface area contributed by atoms with Crippen LogP contribution in [0.3, 0.4) is 0 Å². The number of carbonyl (C=O) groups excluding carboxylic acids is 1. The molecular formula is C14H22N2O3. The smallest absolute Gasteiger partial charge is 0.223 e. The van der Waals surface area contributed by atoms with Gasteiger partial charge in [0.25, 0.3) is 0 Å². The molecule has 1 aromatic carbocycles. The molecule has 2 unspecified atom stereocenters. The molecule has 0 saturated heterocycles. The van der Waals surface area contributed by atoms with Crippen molar-refractivity contribution < 1.29 is 14.3 Å². The summed E-state index contributed by atoms with van der Waals surface area (Å²) in [6.07, 6.45) is 0.772. The second-order valence-electron chi connectivity index (χ2n) is 4.78. The minimum Gasteiger partial charge on any atom is -0.493 e. The van der Waals surface area contributed by atoms with Crippen LogP contribution in [0.5, 0.6) is 11.5 Å². The van der Waals surface area contributed by atoms with Crippen LogP contribution in [0.4, 0.5) is 0 Å². The molecule has 0 saturated carbocycles. The first-order chi connectivity index (χ1) is 8.93. The van der Waals surface area contributed by atoms with E-state index in [9.17, 15) is 4.79 Å². The van der Waals surface area contributed by atoms with Crippen LogP contribution in [-0.4, -0.2) is 25.7 Å². The first-order valence-corrected chi connectivity index (χ1v) is 6.28. The van der Waals surface area contributed by atoms with E-state index in [0.29, 0.717) is 11.5 Å². The first-order valence-electron chi connectivity index (χ1n) is 6.28. The van der Waals surface area contributed by atoms with Crippen molar-refractivity contribution in [1.82, 2.24) is 0 Å². The average Bonchev–Trinajstić information content (AvgIpc) is 2.35. The average molecular weight is 266 g/mol. The lowest BCUT2D eigenvalue weighted by Gasteiger charge is -2.14. The van der Waals surface area contributed by atoms with E-state index in [-0.39, 0.29) is 24.5 Å². The highest BCUT2D eigenvalue weighted by Crippen LogP contribution is 2.28. The highest BCUT2D eigenvalue weighted by molar-refractivity contribution is 5.76. The molecule has 0 aliphatic carbocycles. The van der Waals surface area contributed by atoms with Gasteiger partial charge in [-0.2, -0.15) is 0 Å². The van der Waals surface area contributed by atoms with Gasteiger partial charge in [0.05, 0.1) is 19.6 Å². The van der Waals surface area contributed by atoms with Crippen LogP contribution < -0.4 is 20.9 Å². The van der Waals surface area contributed by atoms with E-state index in [4.69, 9.17) is 20.9 Å². The van der Waals surface area contributed by atoms with Crippen molar-refractivity contribution in [2.24, 2.45) is 17.4 Å². The Morgan fingerprint density at radius 3 is 2.53 bits per heavy atom. The lowest BCUT2D eigenvalue weighted by atomic mass is 10.1. The maximum Gasteiger partial charge on any atom is 0.223 e. The van der Waals surface area contributed by atoms with Crippen molar-refractivity contribution in [3.63, 3.8) is 0 Å². The van der Waals surface area contributed by atoms with Gasteiger partial charge in [0.15, 0.2) is 11.5 Å². The quantitative estimate of drug-likeness (QED) is 0.773. The summed E-state index contributed by atoms with van der Waals surface area (Å²) in [7, 11) is 1.58. The second kappa shape index (κ2) is 6.99. The van der Waals surface area contributed by atoms with E-state index >= 15 is 0 Å². The molecule has 0 spiro atoms. The maximum atomic E-state index is 10.9. The van der Waals surface area contributed by atoms with Crippen molar-refractivity contribution >= 4 is 5.91 Å². The zero-order valence-electron chi connectivity index (χ0n) is 11.7. The topological polar surface area (TPSA) is 87.6 Å². The Morgan fingerprint density at radius 2 is 2.00 bits per heavy atom. The lowest BCUT2D eigenvalue weighted by Crippen LogP contribution is -2.25. The van der Waals surface area contributed by atoms with E-state index < -0.39 is 0 Å². The van der Waals surface area contributed by atoms with Gasteiger partial charge < -0.3 is 20.9 Å². The molecule has 0 fully saturated rings. The van der Waals surface area contributed by atoms with Crippen molar-refractivity contribution in [3.8, 4) is 11.5 Å². The van der Waals surface area contributed by atoms with Gasteiger partial charge in [0.1, 0.15) is 0 Å². The molecule has 1 aromatic rings. The van der Waals surface area contributed by atoms with Crippen molar-refractivity contribution in [2.45, 2.75) is 26.3 Å². The van der Waals surface area contributed by atoms with E-state index in [1.54, 1.807) is 14.0 Å². The van der Waals surface area contributed by atoms with Gasteiger partial charge in [0.2, 0.25) is 5.91 Å². The summed E-state index contributed by atoms with van der Waals surface area (Å²) in [6, 6.07) is 5.75. The number of amides is 1. The SMILES string of the molecule is COc1cc(CC(C)N)ccc1OCC(C)C(N)=O. The van der Waals surface area contributed by atoms with Crippen molar-refractivity contribution in [3.05, 3.63) is 23.8 Å². The minimum absolute atomic E-state index is 0.0892. The number of primary amides is 1. The Labute approximate surface area is 113 Å². The molecule has 0 aliphatic rings. The zero-order chi connectivity index (χ0) is 14.4. The van der Waals surface area contributed by atoms with E-state index in [1.165, 1.54) is 0 Å². The van der Waals surface area contributed by atoms with Crippen LogP contribution in [0.1, 0.15) is 19.4 Å². The van der Waals surface area contributed by atoms with Crippen molar-refractivity contribution in [2.75, 3.05) is 13.7 Å². The fourth-order valence-corrected chi connectivity index (χ4v) is 1.63. The molecule has 2 atom stereocenters. The number of rotatable bonds is 7. The van der Waals surface area contributed by atoms with E-state index in [0.717, 1.165) is 12.0 Å². The molecule has 106 valence electrons. The van der Waals surface area contributed by atoms with Gasteiger partial charge >= 0.3 is 0 Å². The second-order valence-corrected chi connectivity index (χ2v) is 4.78. The summed E-state index contributed by atoms with van der Waals surface area (Å²) < 4.78 is 10.8. The molecule has 5 nitrogen and oxygen atoms in total. The Bertz CT molecular complexity index is 433. The normalized spacial score (nSPS) is 13.7.